The zero-order chi connectivity index (χ0) is 12.2. The Morgan fingerprint density at radius 1 is 1.38 bits per heavy atom. The van der Waals surface area contributed by atoms with Crippen LogP contribution in [-0.4, -0.2) is 11.8 Å². The van der Waals surface area contributed by atoms with E-state index in [0.717, 1.165) is 25.2 Å². The lowest BCUT2D eigenvalue weighted by atomic mass is 9.80. The van der Waals surface area contributed by atoms with E-state index in [1.807, 2.05) is 13.8 Å². The van der Waals surface area contributed by atoms with E-state index in [9.17, 15) is 4.79 Å². The Kier molecular flexibility index (Phi) is 4.97. The first-order valence-corrected chi connectivity index (χ1v) is 6.77. The lowest BCUT2D eigenvalue weighted by Crippen LogP contribution is -2.40. The van der Waals surface area contributed by atoms with Crippen LogP contribution in [0.3, 0.4) is 0 Å². The molecule has 0 amide bonds. The second-order valence-electron chi connectivity index (χ2n) is 5.94. The molecule has 1 fully saturated rings. The standard InChI is InChI=1S/C14H27NO/c1-4-14(2,3)13(16)12(15)10-9-11-7-5-6-8-11/h11-12H,4-10,15H2,1-3H3. The minimum absolute atomic E-state index is 0.240. The molecular formula is C14H27NO. The van der Waals surface area contributed by atoms with Crippen LogP contribution in [0.5, 0.6) is 0 Å². The van der Waals surface area contributed by atoms with Crippen LogP contribution in [-0.2, 0) is 4.79 Å². The predicted octanol–water partition coefficient (Wildman–Crippen LogP) is 3.29. The fourth-order valence-electron chi connectivity index (χ4n) is 2.52. The van der Waals surface area contributed by atoms with E-state index in [4.69, 9.17) is 5.73 Å². The number of carbonyl (C=O) groups is 1. The van der Waals surface area contributed by atoms with Crippen LogP contribution in [0.2, 0.25) is 0 Å². The molecule has 1 saturated carbocycles. The van der Waals surface area contributed by atoms with Gasteiger partial charge in [-0.05, 0) is 25.2 Å². The Morgan fingerprint density at radius 2 is 1.94 bits per heavy atom. The van der Waals surface area contributed by atoms with Crippen molar-refractivity contribution >= 4 is 5.78 Å². The minimum atomic E-state index is -0.241. The quantitative estimate of drug-likeness (QED) is 0.753. The van der Waals surface area contributed by atoms with Gasteiger partial charge in [-0.3, -0.25) is 4.79 Å². The third-order valence-corrected chi connectivity index (χ3v) is 4.25. The molecule has 2 heteroatoms. The van der Waals surface area contributed by atoms with E-state index in [1.165, 1.54) is 25.7 Å². The number of hydrogen-bond acceptors (Lipinski definition) is 2. The summed E-state index contributed by atoms with van der Waals surface area (Å²) in [7, 11) is 0. The Balaban J connectivity index is 2.33. The Labute approximate surface area is 100.0 Å². The van der Waals surface area contributed by atoms with Gasteiger partial charge in [0.15, 0.2) is 5.78 Å². The van der Waals surface area contributed by atoms with Gasteiger partial charge in [0.2, 0.25) is 0 Å². The van der Waals surface area contributed by atoms with Crippen LogP contribution >= 0.6 is 0 Å². The maximum absolute atomic E-state index is 12.1. The molecular weight excluding hydrogens is 198 g/mol. The van der Waals surface area contributed by atoms with E-state index < -0.39 is 0 Å². The van der Waals surface area contributed by atoms with Gasteiger partial charge in [0, 0.05) is 5.41 Å². The number of ketones is 1. The van der Waals surface area contributed by atoms with Gasteiger partial charge in [0.25, 0.3) is 0 Å². The Bertz CT molecular complexity index is 229. The molecule has 0 aliphatic heterocycles. The second-order valence-corrected chi connectivity index (χ2v) is 5.94. The van der Waals surface area contributed by atoms with E-state index in [-0.39, 0.29) is 17.2 Å². The highest BCUT2D eigenvalue weighted by Crippen LogP contribution is 2.30. The maximum atomic E-state index is 12.1. The van der Waals surface area contributed by atoms with Crippen molar-refractivity contribution in [2.45, 2.75) is 71.8 Å². The smallest absolute Gasteiger partial charge is 0.155 e. The van der Waals surface area contributed by atoms with E-state index in [1.54, 1.807) is 0 Å². The Morgan fingerprint density at radius 3 is 2.44 bits per heavy atom. The highest BCUT2D eigenvalue weighted by atomic mass is 16.1. The molecule has 0 spiro atoms. The Hall–Kier alpha value is -0.370. The number of carbonyl (C=O) groups excluding carboxylic acids is 1. The molecule has 0 bridgehead atoms. The van der Waals surface area contributed by atoms with Gasteiger partial charge in [-0.15, -0.1) is 0 Å². The summed E-state index contributed by atoms with van der Waals surface area (Å²) >= 11 is 0. The first-order valence-electron chi connectivity index (χ1n) is 6.77. The van der Waals surface area contributed by atoms with Gasteiger partial charge >= 0.3 is 0 Å². The van der Waals surface area contributed by atoms with Crippen LogP contribution in [0, 0.1) is 11.3 Å². The summed E-state index contributed by atoms with van der Waals surface area (Å²) in [6.07, 6.45) is 8.33. The number of rotatable bonds is 6. The SMILES string of the molecule is CCC(C)(C)C(=O)C(N)CCC1CCCC1. The van der Waals surface area contributed by atoms with Crippen molar-refractivity contribution in [3.63, 3.8) is 0 Å². The van der Waals surface area contributed by atoms with Crippen LogP contribution < -0.4 is 5.73 Å². The number of hydrogen-bond donors (Lipinski definition) is 1. The van der Waals surface area contributed by atoms with Crippen molar-refractivity contribution in [1.82, 2.24) is 0 Å². The summed E-state index contributed by atoms with van der Waals surface area (Å²) < 4.78 is 0. The molecule has 1 aliphatic rings. The molecule has 0 saturated heterocycles. The number of Topliss-reactive ketones (excluding diaryl/α,β-unsaturated/α-hetero) is 1. The molecule has 1 atom stereocenters. The van der Waals surface area contributed by atoms with Crippen LogP contribution in [0.25, 0.3) is 0 Å². The summed E-state index contributed by atoms with van der Waals surface area (Å²) in [5.74, 6) is 1.08. The normalized spacial score (nSPS) is 20.0. The van der Waals surface area contributed by atoms with Gasteiger partial charge in [0.05, 0.1) is 6.04 Å². The summed E-state index contributed by atoms with van der Waals surface area (Å²) in [5, 5.41) is 0. The molecule has 2 nitrogen and oxygen atoms in total. The van der Waals surface area contributed by atoms with E-state index >= 15 is 0 Å². The molecule has 0 aromatic rings. The monoisotopic (exact) mass is 225 g/mol. The summed E-state index contributed by atoms with van der Waals surface area (Å²) in [4.78, 5) is 12.1. The first kappa shape index (κ1) is 13.7. The highest BCUT2D eigenvalue weighted by Gasteiger charge is 2.30. The van der Waals surface area contributed by atoms with Crippen LogP contribution in [0.1, 0.15) is 65.7 Å². The van der Waals surface area contributed by atoms with Gasteiger partial charge in [-0.2, -0.15) is 0 Å². The van der Waals surface area contributed by atoms with E-state index in [0.29, 0.717) is 0 Å². The lowest BCUT2D eigenvalue weighted by molar-refractivity contribution is -0.128. The maximum Gasteiger partial charge on any atom is 0.155 e. The third kappa shape index (κ3) is 3.58. The molecule has 0 heterocycles. The number of nitrogens with two attached hydrogens (primary N) is 1. The molecule has 1 aliphatic carbocycles. The molecule has 0 aromatic carbocycles. The van der Waals surface area contributed by atoms with Crippen molar-refractivity contribution in [1.29, 1.82) is 0 Å². The fourth-order valence-corrected chi connectivity index (χ4v) is 2.52. The molecule has 1 rings (SSSR count). The molecule has 0 radical (unpaired) electrons. The zero-order valence-corrected chi connectivity index (χ0v) is 11.1. The van der Waals surface area contributed by atoms with Crippen molar-refractivity contribution in [2.75, 3.05) is 0 Å². The highest BCUT2D eigenvalue weighted by molar-refractivity contribution is 5.88. The minimum Gasteiger partial charge on any atom is -0.321 e. The van der Waals surface area contributed by atoms with Crippen molar-refractivity contribution in [2.24, 2.45) is 17.1 Å². The third-order valence-electron chi connectivity index (χ3n) is 4.25. The lowest BCUT2D eigenvalue weighted by Gasteiger charge is -2.25. The summed E-state index contributed by atoms with van der Waals surface area (Å²) in [6, 6.07) is -0.240. The van der Waals surface area contributed by atoms with Crippen molar-refractivity contribution in [3.8, 4) is 0 Å². The average Bonchev–Trinajstić information content (AvgIpc) is 2.77. The fraction of sp³-hybridized carbons (Fsp3) is 0.929. The topological polar surface area (TPSA) is 43.1 Å². The van der Waals surface area contributed by atoms with Crippen LogP contribution in [0.15, 0.2) is 0 Å². The first-order chi connectivity index (χ1) is 7.47. The molecule has 94 valence electrons. The predicted molar refractivity (Wildman–Crippen MR) is 68.2 cm³/mol. The largest absolute Gasteiger partial charge is 0.321 e. The molecule has 2 N–H and O–H groups in total. The van der Waals surface area contributed by atoms with E-state index in [2.05, 4.69) is 6.92 Å². The molecule has 0 aromatic heterocycles. The summed E-state index contributed by atoms with van der Waals surface area (Å²) in [5.41, 5.74) is 5.77. The molecule has 1 unspecified atom stereocenters. The van der Waals surface area contributed by atoms with Gasteiger partial charge in [-0.1, -0.05) is 46.5 Å². The van der Waals surface area contributed by atoms with Crippen molar-refractivity contribution in [3.05, 3.63) is 0 Å². The molecule has 16 heavy (non-hydrogen) atoms. The second kappa shape index (κ2) is 5.81. The zero-order valence-electron chi connectivity index (χ0n) is 11.1. The van der Waals surface area contributed by atoms with Crippen LogP contribution in [0.4, 0.5) is 0 Å². The van der Waals surface area contributed by atoms with Crippen molar-refractivity contribution < 1.29 is 4.79 Å². The van der Waals surface area contributed by atoms with Gasteiger partial charge in [0.1, 0.15) is 0 Å². The summed E-state index contributed by atoms with van der Waals surface area (Å²) in [6.45, 7) is 6.07. The van der Waals surface area contributed by atoms with Gasteiger partial charge in [-0.25, -0.2) is 0 Å². The average molecular weight is 225 g/mol. The van der Waals surface area contributed by atoms with Gasteiger partial charge < -0.3 is 5.73 Å².